The average Bonchev–Trinajstić information content (AvgIpc) is 2.82. The van der Waals surface area contributed by atoms with Gasteiger partial charge < -0.3 is 0 Å². The number of thioether (sulfide) groups is 1. The van der Waals surface area contributed by atoms with Crippen LogP contribution < -0.4 is 0 Å². The zero-order valence-corrected chi connectivity index (χ0v) is 11.0. The normalized spacial score (nSPS) is 9.00. The highest BCUT2D eigenvalue weighted by atomic mass is 79.9. The van der Waals surface area contributed by atoms with Crippen molar-refractivity contribution in [1.82, 2.24) is 15.4 Å². The Labute approximate surface area is 110 Å². The van der Waals surface area contributed by atoms with E-state index in [0.717, 1.165) is 15.3 Å². The monoisotopic (exact) mass is 313 g/mol. The number of nitrogens with one attached hydrogen (secondary N) is 1. The van der Waals surface area contributed by atoms with Crippen molar-refractivity contribution in [2.24, 2.45) is 0 Å². The topological polar surface area (TPSA) is 75.7 Å². The highest BCUT2D eigenvalue weighted by molar-refractivity contribution is 9.10. The fraction of sp³-hybridized carbons (Fsp3) is 0.100. The van der Waals surface area contributed by atoms with Crippen LogP contribution >= 0.6 is 27.7 Å². The number of hydrogen-bond donors (Lipinski definition) is 1. The molecule has 88 valence electrons. The van der Waals surface area contributed by atoms with Gasteiger partial charge in [-0.25, -0.2) is 0 Å². The molecule has 5 nitrogen and oxygen atoms in total. The molecule has 1 aromatic heterocycles. The molecule has 0 bridgehead atoms. The molecule has 0 saturated heterocycles. The summed E-state index contributed by atoms with van der Waals surface area (Å²) in [7, 11) is 0. The predicted octanol–water partition coefficient (Wildman–Crippen LogP) is 2.28. The summed E-state index contributed by atoms with van der Waals surface area (Å²) >= 11 is 5.07. The van der Waals surface area contributed by atoms with Crippen LogP contribution in [-0.2, 0) is 15.3 Å². The first-order valence-electron chi connectivity index (χ1n) is 4.48. The Morgan fingerprint density at radius 1 is 1.29 bits per heavy atom. The van der Waals surface area contributed by atoms with Crippen LogP contribution in [0.15, 0.2) is 40.0 Å². The second-order valence-corrected chi connectivity index (χ2v) is 4.72. The molecule has 0 atom stereocenters. The molecular weight excluding hydrogens is 306 g/mol. The molecule has 2 aromatic rings. The maximum Gasteiger partial charge on any atom is 0.373 e. The van der Waals surface area contributed by atoms with Crippen LogP contribution in [0.2, 0.25) is 0 Å². The molecule has 0 aliphatic rings. The van der Waals surface area contributed by atoms with Crippen molar-refractivity contribution < 1.29 is 9.59 Å². The molecule has 0 radical (unpaired) electrons. The molecule has 0 aliphatic heterocycles. The van der Waals surface area contributed by atoms with Gasteiger partial charge in [0.2, 0.25) is 0 Å². The van der Waals surface area contributed by atoms with Crippen LogP contribution in [-0.4, -0.2) is 21.6 Å². The Kier molecular flexibility index (Phi) is 6.24. The third-order valence-corrected chi connectivity index (χ3v) is 3.19. The van der Waals surface area contributed by atoms with E-state index in [9.17, 15) is 0 Å². The molecule has 1 aromatic carbocycles. The number of H-pyrrole nitrogens is 1. The minimum absolute atomic E-state index is 0.250. The van der Waals surface area contributed by atoms with Gasteiger partial charge in [-0.1, -0.05) is 39.8 Å². The summed E-state index contributed by atoms with van der Waals surface area (Å²) < 4.78 is 1.10. The Balaban J connectivity index is 0.000000437. The fourth-order valence-corrected chi connectivity index (χ4v) is 2.00. The van der Waals surface area contributed by atoms with E-state index in [2.05, 4.69) is 43.5 Å². The van der Waals surface area contributed by atoms with Crippen LogP contribution in [0.3, 0.4) is 0 Å². The summed E-state index contributed by atoms with van der Waals surface area (Å²) in [5, 5.41) is 11.2. The van der Waals surface area contributed by atoms with Gasteiger partial charge >= 0.3 is 6.15 Å². The Hall–Kier alpha value is -1.43. The van der Waals surface area contributed by atoms with Crippen molar-refractivity contribution in [2.75, 3.05) is 0 Å². The highest BCUT2D eigenvalue weighted by Gasteiger charge is 1.98. The Morgan fingerprint density at radius 3 is 2.47 bits per heavy atom. The summed E-state index contributed by atoms with van der Waals surface area (Å²) in [6.45, 7) is 0. The Morgan fingerprint density at radius 2 is 1.94 bits per heavy atom. The van der Waals surface area contributed by atoms with Crippen LogP contribution in [0, 0.1) is 0 Å². The van der Waals surface area contributed by atoms with E-state index in [0.29, 0.717) is 0 Å². The van der Waals surface area contributed by atoms with Crippen LogP contribution in [0.25, 0.3) is 0 Å². The second kappa shape index (κ2) is 7.78. The standard InChI is InChI=1S/C9H8BrN3S.CO2/c10-8-3-1-7(2-4-8)6-14-9-5-11-13-12-9;2-1-3/h1-5H,6H2,(H,11,12,13);. The highest BCUT2D eigenvalue weighted by Crippen LogP contribution is 2.20. The summed E-state index contributed by atoms with van der Waals surface area (Å²) in [6, 6.07) is 8.27. The minimum atomic E-state index is 0.250. The molecule has 1 N–H and O–H groups in total. The van der Waals surface area contributed by atoms with E-state index >= 15 is 0 Å². The number of aromatic nitrogens is 3. The summed E-state index contributed by atoms with van der Waals surface area (Å²) in [5.74, 6) is 0.916. The van der Waals surface area contributed by atoms with E-state index in [-0.39, 0.29) is 6.15 Å². The maximum absolute atomic E-state index is 8.12. The number of benzene rings is 1. The largest absolute Gasteiger partial charge is 0.373 e. The van der Waals surface area contributed by atoms with Crippen molar-refractivity contribution in [3.8, 4) is 0 Å². The molecule has 0 aliphatic carbocycles. The lowest BCUT2D eigenvalue weighted by atomic mass is 10.2. The third kappa shape index (κ3) is 5.44. The molecule has 0 fully saturated rings. The lowest BCUT2D eigenvalue weighted by Crippen LogP contribution is -1.80. The van der Waals surface area contributed by atoms with E-state index in [1.165, 1.54) is 5.56 Å². The van der Waals surface area contributed by atoms with Crippen LogP contribution in [0.4, 0.5) is 0 Å². The second-order valence-electron chi connectivity index (χ2n) is 2.81. The summed E-state index contributed by atoms with van der Waals surface area (Å²) in [4.78, 5) is 16.2. The average molecular weight is 314 g/mol. The molecule has 0 unspecified atom stereocenters. The third-order valence-electron chi connectivity index (χ3n) is 1.69. The predicted molar refractivity (Wildman–Crippen MR) is 65.1 cm³/mol. The first kappa shape index (κ1) is 13.6. The van der Waals surface area contributed by atoms with Gasteiger partial charge in [0, 0.05) is 10.2 Å². The zero-order valence-electron chi connectivity index (χ0n) is 8.59. The zero-order chi connectivity index (χ0) is 12.5. The van der Waals surface area contributed by atoms with Gasteiger partial charge in [0.05, 0.1) is 6.20 Å². The first-order valence-corrected chi connectivity index (χ1v) is 6.26. The van der Waals surface area contributed by atoms with Gasteiger partial charge in [0.15, 0.2) is 0 Å². The first-order chi connectivity index (χ1) is 8.26. The van der Waals surface area contributed by atoms with Gasteiger partial charge in [-0.3, -0.25) is 0 Å². The van der Waals surface area contributed by atoms with E-state index in [4.69, 9.17) is 9.59 Å². The molecule has 0 spiro atoms. The molecule has 0 amide bonds. The number of nitrogens with zero attached hydrogens (tertiary/aromatic N) is 2. The molecular formula is C10H8BrN3O2S. The van der Waals surface area contributed by atoms with Crippen molar-refractivity contribution in [3.05, 3.63) is 40.5 Å². The SMILES string of the molecule is Brc1ccc(CSc2cn[nH]n2)cc1.O=C=O. The van der Waals surface area contributed by atoms with Crippen molar-refractivity contribution in [3.63, 3.8) is 0 Å². The summed E-state index contributed by atoms with van der Waals surface area (Å²) in [6.07, 6.45) is 1.98. The van der Waals surface area contributed by atoms with Gasteiger partial charge in [-0.15, -0.1) is 5.10 Å². The molecule has 1 heterocycles. The van der Waals surface area contributed by atoms with Gasteiger partial charge in [0.25, 0.3) is 0 Å². The van der Waals surface area contributed by atoms with Crippen LogP contribution in [0.1, 0.15) is 5.56 Å². The maximum atomic E-state index is 8.12. The van der Waals surface area contributed by atoms with Crippen molar-refractivity contribution in [2.45, 2.75) is 10.8 Å². The lowest BCUT2D eigenvalue weighted by molar-refractivity contribution is -0.191. The summed E-state index contributed by atoms with van der Waals surface area (Å²) in [5.41, 5.74) is 1.28. The van der Waals surface area contributed by atoms with Crippen LogP contribution in [0.5, 0.6) is 0 Å². The molecule has 2 rings (SSSR count). The number of rotatable bonds is 3. The van der Waals surface area contributed by atoms with Crippen molar-refractivity contribution in [1.29, 1.82) is 0 Å². The number of hydrogen-bond acceptors (Lipinski definition) is 5. The van der Waals surface area contributed by atoms with E-state index in [1.807, 2.05) is 12.1 Å². The lowest BCUT2D eigenvalue weighted by Gasteiger charge is -1.98. The van der Waals surface area contributed by atoms with Gasteiger partial charge in [0.1, 0.15) is 5.03 Å². The molecule has 0 saturated carbocycles. The molecule has 7 heteroatoms. The van der Waals surface area contributed by atoms with Crippen molar-refractivity contribution >= 4 is 33.8 Å². The quantitative estimate of drug-likeness (QED) is 0.880. The number of carbonyl (C=O) groups excluding carboxylic acids is 2. The van der Waals surface area contributed by atoms with E-state index < -0.39 is 0 Å². The molecule has 17 heavy (non-hydrogen) atoms. The number of aromatic amines is 1. The smallest absolute Gasteiger partial charge is 0.197 e. The van der Waals surface area contributed by atoms with Gasteiger partial charge in [-0.2, -0.15) is 19.9 Å². The number of halogens is 1. The fourth-order valence-electron chi connectivity index (χ4n) is 0.999. The minimum Gasteiger partial charge on any atom is -0.197 e. The Bertz CT molecular complexity index is 467. The van der Waals surface area contributed by atoms with Gasteiger partial charge in [-0.05, 0) is 17.7 Å². The van der Waals surface area contributed by atoms with E-state index in [1.54, 1.807) is 18.0 Å².